The summed E-state index contributed by atoms with van der Waals surface area (Å²) in [4.78, 5) is 22.8. The lowest BCUT2D eigenvalue weighted by Crippen LogP contribution is -2.39. The van der Waals surface area contributed by atoms with Gasteiger partial charge in [0.15, 0.2) is 0 Å². The van der Waals surface area contributed by atoms with Crippen LogP contribution in [0.3, 0.4) is 0 Å². The molecular weight excluding hydrogens is 224 g/mol. The number of ether oxygens (including phenoxy) is 1. The molecule has 2 rings (SSSR count). The molecule has 7 heteroatoms. The standard InChI is InChI=1S/C10H16N4O3/c1-13-4-5-14(10(13)16)6-7-2-3-8(17-7)9(15)12-11/h4-5,7-8H,2-3,6,11H2,1H3,(H,12,15). The molecule has 94 valence electrons. The minimum absolute atomic E-state index is 0.0830. The van der Waals surface area contributed by atoms with Crippen LogP contribution in [0.25, 0.3) is 0 Å². The van der Waals surface area contributed by atoms with Crippen LogP contribution in [0.1, 0.15) is 12.8 Å². The van der Waals surface area contributed by atoms with Crippen LogP contribution in [0.5, 0.6) is 0 Å². The summed E-state index contributed by atoms with van der Waals surface area (Å²) in [7, 11) is 1.69. The van der Waals surface area contributed by atoms with Crippen LogP contribution in [0.2, 0.25) is 0 Å². The van der Waals surface area contributed by atoms with Gasteiger partial charge in [-0.3, -0.25) is 14.8 Å². The molecule has 0 bridgehead atoms. The molecule has 1 fully saturated rings. The maximum absolute atomic E-state index is 11.6. The molecule has 17 heavy (non-hydrogen) atoms. The number of aryl methyl sites for hydroxylation is 1. The second-order valence-electron chi connectivity index (χ2n) is 4.18. The molecule has 0 saturated carbocycles. The summed E-state index contributed by atoms with van der Waals surface area (Å²) < 4.78 is 8.60. The van der Waals surface area contributed by atoms with Crippen LogP contribution >= 0.6 is 0 Å². The van der Waals surface area contributed by atoms with E-state index in [1.165, 1.54) is 4.57 Å². The van der Waals surface area contributed by atoms with Crippen molar-refractivity contribution < 1.29 is 9.53 Å². The van der Waals surface area contributed by atoms with Crippen molar-refractivity contribution in [1.82, 2.24) is 14.6 Å². The Morgan fingerprint density at radius 1 is 1.59 bits per heavy atom. The first-order valence-electron chi connectivity index (χ1n) is 5.49. The van der Waals surface area contributed by atoms with Crippen molar-refractivity contribution in [2.75, 3.05) is 0 Å². The third-order valence-corrected chi connectivity index (χ3v) is 2.96. The number of hydrogen-bond acceptors (Lipinski definition) is 4. The zero-order valence-corrected chi connectivity index (χ0v) is 9.63. The average molecular weight is 240 g/mol. The lowest BCUT2D eigenvalue weighted by Gasteiger charge is -2.12. The Hall–Kier alpha value is -1.60. The molecule has 0 spiro atoms. The van der Waals surface area contributed by atoms with E-state index in [1.54, 1.807) is 24.0 Å². The fourth-order valence-electron chi connectivity index (χ4n) is 1.99. The number of hydrazine groups is 1. The van der Waals surface area contributed by atoms with Crippen LogP contribution in [-0.2, 0) is 23.1 Å². The van der Waals surface area contributed by atoms with Gasteiger partial charge in [-0.25, -0.2) is 10.6 Å². The third-order valence-electron chi connectivity index (χ3n) is 2.96. The molecule has 2 atom stereocenters. The molecule has 1 aromatic rings. The molecule has 0 aromatic carbocycles. The number of rotatable bonds is 3. The van der Waals surface area contributed by atoms with Gasteiger partial charge in [-0.1, -0.05) is 0 Å². The molecular formula is C10H16N4O3. The molecule has 1 amide bonds. The number of carbonyl (C=O) groups excluding carboxylic acids is 1. The van der Waals surface area contributed by atoms with E-state index in [9.17, 15) is 9.59 Å². The van der Waals surface area contributed by atoms with E-state index in [0.717, 1.165) is 6.42 Å². The molecule has 0 aliphatic carbocycles. The molecule has 1 saturated heterocycles. The quantitative estimate of drug-likeness (QED) is 0.391. The fourth-order valence-corrected chi connectivity index (χ4v) is 1.99. The molecule has 3 N–H and O–H groups in total. The molecule has 1 aliphatic heterocycles. The summed E-state index contributed by atoms with van der Waals surface area (Å²) in [6, 6.07) is 0. The summed E-state index contributed by atoms with van der Waals surface area (Å²) >= 11 is 0. The first-order valence-corrected chi connectivity index (χ1v) is 5.49. The number of nitrogens with one attached hydrogen (secondary N) is 1. The minimum Gasteiger partial charge on any atom is -0.363 e. The molecule has 2 heterocycles. The van der Waals surface area contributed by atoms with Gasteiger partial charge in [0.05, 0.1) is 12.6 Å². The minimum atomic E-state index is -0.496. The van der Waals surface area contributed by atoms with Crippen molar-refractivity contribution in [2.45, 2.75) is 31.6 Å². The highest BCUT2D eigenvalue weighted by molar-refractivity contribution is 5.80. The largest absolute Gasteiger partial charge is 0.363 e. The number of aromatic nitrogens is 2. The summed E-state index contributed by atoms with van der Waals surface area (Å²) in [5, 5.41) is 0. The van der Waals surface area contributed by atoms with E-state index in [2.05, 4.69) is 5.43 Å². The van der Waals surface area contributed by atoms with E-state index in [1.807, 2.05) is 0 Å². The van der Waals surface area contributed by atoms with Gasteiger partial charge in [0, 0.05) is 19.4 Å². The molecule has 0 radical (unpaired) electrons. The maximum Gasteiger partial charge on any atom is 0.327 e. The Kier molecular flexibility index (Phi) is 3.30. The first kappa shape index (κ1) is 11.9. The van der Waals surface area contributed by atoms with E-state index >= 15 is 0 Å². The fraction of sp³-hybridized carbons (Fsp3) is 0.600. The van der Waals surface area contributed by atoms with Crippen molar-refractivity contribution in [3.63, 3.8) is 0 Å². The Bertz CT molecular complexity index is 464. The number of carbonyl (C=O) groups is 1. The highest BCUT2D eigenvalue weighted by atomic mass is 16.5. The van der Waals surface area contributed by atoms with Crippen LogP contribution in [-0.4, -0.2) is 27.2 Å². The maximum atomic E-state index is 11.6. The van der Waals surface area contributed by atoms with Crippen molar-refractivity contribution >= 4 is 5.91 Å². The van der Waals surface area contributed by atoms with E-state index < -0.39 is 6.10 Å². The second-order valence-corrected chi connectivity index (χ2v) is 4.18. The number of imidazole rings is 1. The molecule has 7 nitrogen and oxygen atoms in total. The van der Waals surface area contributed by atoms with Crippen molar-refractivity contribution in [3.05, 3.63) is 22.9 Å². The van der Waals surface area contributed by atoms with E-state index in [4.69, 9.17) is 10.6 Å². The summed E-state index contributed by atoms with van der Waals surface area (Å²) in [5.41, 5.74) is 1.99. The summed E-state index contributed by atoms with van der Waals surface area (Å²) in [6.07, 6.45) is 4.18. The van der Waals surface area contributed by atoms with Gasteiger partial charge >= 0.3 is 5.69 Å². The Balaban J connectivity index is 1.96. The van der Waals surface area contributed by atoms with E-state index in [-0.39, 0.29) is 17.7 Å². The number of amides is 1. The monoisotopic (exact) mass is 240 g/mol. The van der Waals surface area contributed by atoms with Gasteiger partial charge in [0.25, 0.3) is 5.91 Å². The van der Waals surface area contributed by atoms with Gasteiger partial charge < -0.3 is 9.30 Å². The van der Waals surface area contributed by atoms with Gasteiger partial charge in [-0.15, -0.1) is 0 Å². The number of nitrogens with two attached hydrogens (primary N) is 1. The summed E-state index contributed by atoms with van der Waals surface area (Å²) in [6.45, 7) is 0.466. The van der Waals surface area contributed by atoms with Gasteiger partial charge in [0.2, 0.25) is 0 Å². The number of nitrogens with zero attached hydrogens (tertiary/aromatic N) is 2. The van der Waals surface area contributed by atoms with Gasteiger partial charge in [-0.05, 0) is 12.8 Å². The lowest BCUT2D eigenvalue weighted by molar-refractivity contribution is -0.132. The molecule has 1 aromatic heterocycles. The predicted molar refractivity (Wildman–Crippen MR) is 59.9 cm³/mol. The smallest absolute Gasteiger partial charge is 0.327 e. The Labute approximate surface area is 98.1 Å². The Morgan fingerprint density at radius 3 is 2.94 bits per heavy atom. The van der Waals surface area contributed by atoms with Crippen LogP contribution < -0.4 is 17.0 Å². The van der Waals surface area contributed by atoms with Crippen LogP contribution in [0.15, 0.2) is 17.2 Å². The molecule has 1 aliphatic rings. The third kappa shape index (κ3) is 2.40. The highest BCUT2D eigenvalue weighted by Crippen LogP contribution is 2.20. The first-order chi connectivity index (χ1) is 8.11. The predicted octanol–water partition coefficient (Wildman–Crippen LogP) is -1.28. The van der Waals surface area contributed by atoms with Gasteiger partial charge in [-0.2, -0.15) is 0 Å². The van der Waals surface area contributed by atoms with Crippen LogP contribution in [0.4, 0.5) is 0 Å². The lowest BCUT2D eigenvalue weighted by atomic mass is 10.2. The Morgan fingerprint density at radius 2 is 2.35 bits per heavy atom. The summed E-state index contributed by atoms with van der Waals surface area (Å²) in [5.74, 6) is 4.73. The van der Waals surface area contributed by atoms with Gasteiger partial charge in [0.1, 0.15) is 6.10 Å². The zero-order chi connectivity index (χ0) is 12.4. The van der Waals surface area contributed by atoms with Crippen molar-refractivity contribution in [3.8, 4) is 0 Å². The second kappa shape index (κ2) is 4.72. The number of hydrogen-bond donors (Lipinski definition) is 2. The topological polar surface area (TPSA) is 91.3 Å². The van der Waals surface area contributed by atoms with Crippen molar-refractivity contribution in [2.24, 2.45) is 12.9 Å². The average Bonchev–Trinajstić information content (AvgIpc) is 2.91. The zero-order valence-electron chi connectivity index (χ0n) is 9.63. The van der Waals surface area contributed by atoms with Crippen LogP contribution in [0, 0.1) is 0 Å². The SMILES string of the molecule is Cn1ccn(CC2CCC(C(=O)NN)O2)c1=O. The van der Waals surface area contributed by atoms with Crippen molar-refractivity contribution in [1.29, 1.82) is 0 Å². The molecule has 2 unspecified atom stereocenters. The van der Waals surface area contributed by atoms with E-state index in [0.29, 0.717) is 13.0 Å². The highest BCUT2D eigenvalue weighted by Gasteiger charge is 2.30. The normalized spacial score (nSPS) is 23.9.